The summed E-state index contributed by atoms with van der Waals surface area (Å²) in [5.74, 6) is 1.05. The Balaban J connectivity index is 1.33. The van der Waals surface area contributed by atoms with Crippen molar-refractivity contribution in [3.8, 4) is 0 Å². The van der Waals surface area contributed by atoms with E-state index in [1.807, 2.05) is 18.2 Å². The third-order valence-corrected chi connectivity index (χ3v) is 5.86. The van der Waals surface area contributed by atoms with E-state index in [9.17, 15) is 4.79 Å². The largest absolute Gasteiger partial charge is 0.376 e. The van der Waals surface area contributed by atoms with E-state index in [4.69, 9.17) is 4.74 Å². The molecule has 2 aromatic rings. The SMILES string of the molecule is O=C(CCCSc1nc2ccccc2s1)NCC1CCCO1. The number of carbonyl (C=O) groups is 1. The van der Waals surface area contributed by atoms with Gasteiger partial charge in [-0.15, -0.1) is 11.3 Å². The highest BCUT2D eigenvalue weighted by Gasteiger charge is 2.15. The van der Waals surface area contributed by atoms with Crippen LogP contribution in [0.1, 0.15) is 25.7 Å². The Bertz CT molecular complexity index is 590. The molecule has 1 amide bonds. The lowest BCUT2D eigenvalue weighted by atomic mass is 10.2. The number of carbonyl (C=O) groups excluding carboxylic acids is 1. The number of thiazole rings is 1. The van der Waals surface area contributed by atoms with E-state index >= 15 is 0 Å². The molecular formula is C16H20N2O2S2. The number of thioether (sulfide) groups is 1. The first-order valence-electron chi connectivity index (χ1n) is 7.68. The number of hydrogen-bond acceptors (Lipinski definition) is 5. The van der Waals surface area contributed by atoms with Gasteiger partial charge in [0.2, 0.25) is 5.91 Å². The summed E-state index contributed by atoms with van der Waals surface area (Å²) in [5, 5.41) is 2.96. The van der Waals surface area contributed by atoms with Crippen LogP contribution < -0.4 is 5.32 Å². The first kappa shape index (κ1) is 15.8. The summed E-state index contributed by atoms with van der Waals surface area (Å²) in [6.45, 7) is 1.49. The number of nitrogens with one attached hydrogen (secondary N) is 1. The number of para-hydroxylation sites is 1. The second-order valence-electron chi connectivity index (χ2n) is 5.34. The van der Waals surface area contributed by atoms with Crippen molar-refractivity contribution in [2.45, 2.75) is 36.1 Å². The zero-order valence-electron chi connectivity index (χ0n) is 12.4. The average Bonchev–Trinajstić information content (AvgIpc) is 3.18. The Kier molecular flexibility index (Phi) is 5.70. The van der Waals surface area contributed by atoms with Gasteiger partial charge < -0.3 is 10.1 Å². The van der Waals surface area contributed by atoms with E-state index < -0.39 is 0 Å². The lowest BCUT2D eigenvalue weighted by Gasteiger charge is -2.10. The van der Waals surface area contributed by atoms with Crippen molar-refractivity contribution in [3.63, 3.8) is 0 Å². The van der Waals surface area contributed by atoms with Gasteiger partial charge in [0.25, 0.3) is 0 Å². The van der Waals surface area contributed by atoms with Crippen molar-refractivity contribution >= 4 is 39.2 Å². The van der Waals surface area contributed by atoms with E-state index in [-0.39, 0.29) is 12.0 Å². The van der Waals surface area contributed by atoms with Crippen LogP contribution in [0.4, 0.5) is 0 Å². The van der Waals surface area contributed by atoms with Gasteiger partial charge in [0.05, 0.1) is 16.3 Å². The average molecular weight is 336 g/mol. The first-order valence-corrected chi connectivity index (χ1v) is 9.48. The minimum absolute atomic E-state index is 0.125. The molecule has 4 nitrogen and oxygen atoms in total. The third kappa shape index (κ3) is 4.44. The number of hydrogen-bond donors (Lipinski definition) is 1. The van der Waals surface area contributed by atoms with E-state index in [0.29, 0.717) is 13.0 Å². The molecule has 1 fully saturated rings. The van der Waals surface area contributed by atoms with Gasteiger partial charge in [-0.2, -0.15) is 0 Å². The molecule has 1 aliphatic heterocycles. The first-order chi connectivity index (χ1) is 10.8. The molecule has 2 heterocycles. The molecule has 22 heavy (non-hydrogen) atoms. The van der Waals surface area contributed by atoms with Crippen LogP contribution >= 0.6 is 23.1 Å². The van der Waals surface area contributed by atoms with Gasteiger partial charge in [-0.25, -0.2) is 4.98 Å². The van der Waals surface area contributed by atoms with Gasteiger partial charge >= 0.3 is 0 Å². The Morgan fingerprint density at radius 3 is 3.18 bits per heavy atom. The predicted octanol–water partition coefficient (Wildman–Crippen LogP) is 3.46. The third-order valence-electron chi connectivity index (χ3n) is 3.60. The smallest absolute Gasteiger partial charge is 0.220 e. The summed E-state index contributed by atoms with van der Waals surface area (Å²) in [7, 11) is 0. The maximum Gasteiger partial charge on any atom is 0.220 e. The molecule has 1 saturated heterocycles. The van der Waals surface area contributed by atoms with Crippen LogP contribution in [0.3, 0.4) is 0 Å². The molecule has 1 atom stereocenters. The number of benzene rings is 1. The summed E-state index contributed by atoms with van der Waals surface area (Å²) in [6.07, 6.45) is 3.84. The minimum atomic E-state index is 0.125. The van der Waals surface area contributed by atoms with Crippen LogP contribution in [-0.4, -0.2) is 35.9 Å². The van der Waals surface area contributed by atoms with Crippen LogP contribution in [0.25, 0.3) is 10.2 Å². The summed E-state index contributed by atoms with van der Waals surface area (Å²) >= 11 is 3.45. The van der Waals surface area contributed by atoms with Crippen LogP contribution in [0.2, 0.25) is 0 Å². The van der Waals surface area contributed by atoms with Crippen molar-refractivity contribution in [2.24, 2.45) is 0 Å². The van der Waals surface area contributed by atoms with E-state index in [0.717, 1.165) is 41.5 Å². The lowest BCUT2D eigenvalue weighted by Crippen LogP contribution is -2.31. The predicted molar refractivity (Wildman–Crippen MR) is 91.6 cm³/mol. The summed E-state index contributed by atoms with van der Waals surface area (Å²) in [6, 6.07) is 8.17. The number of ether oxygens (including phenoxy) is 1. The standard InChI is InChI=1S/C16H20N2O2S2/c19-15(17-11-12-5-3-9-20-12)8-4-10-21-16-18-13-6-1-2-7-14(13)22-16/h1-2,6-7,12H,3-5,8-11H2,(H,17,19). The zero-order chi connectivity index (χ0) is 15.2. The molecule has 0 spiro atoms. The maximum absolute atomic E-state index is 11.8. The summed E-state index contributed by atoms with van der Waals surface area (Å²) in [4.78, 5) is 16.3. The fourth-order valence-electron chi connectivity index (χ4n) is 2.43. The fourth-order valence-corrected chi connectivity index (χ4v) is 4.50. The molecule has 6 heteroatoms. The highest BCUT2D eigenvalue weighted by atomic mass is 32.2. The summed E-state index contributed by atoms with van der Waals surface area (Å²) in [5.41, 5.74) is 1.06. The van der Waals surface area contributed by atoms with Gasteiger partial charge in [-0.3, -0.25) is 4.79 Å². The van der Waals surface area contributed by atoms with Gasteiger partial charge in [-0.1, -0.05) is 23.9 Å². The highest BCUT2D eigenvalue weighted by molar-refractivity contribution is 8.01. The highest BCUT2D eigenvalue weighted by Crippen LogP contribution is 2.29. The Morgan fingerprint density at radius 1 is 1.45 bits per heavy atom. The van der Waals surface area contributed by atoms with Gasteiger partial charge in [0, 0.05) is 25.3 Å². The number of fused-ring (bicyclic) bond motifs is 1. The number of nitrogens with zero attached hydrogens (tertiary/aromatic N) is 1. The lowest BCUT2D eigenvalue weighted by molar-refractivity contribution is -0.121. The summed E-state index contributed by atoms with van der Waals surface area (Å²) < 4.78 is 7.80. The van der Waals surface area contributed by atoms with E-state index in [2.05, 4.69) is 16.4 Å². The van der Waals surface area contributed by atoms with Crippen LogP contribution in [0.5, 0.6) is 0 Å². The van der Waals surface area contributed by atoms with Crippen molar-refractivity contribution in [1.29, 1.82) is 0 Å². The molecule has 0 bridgehead atoms. The molecule has 1 aliphatic rings. The molecule has 3 rings (SSSR count). The molecule has 0 aliphatic carbocycles. The van der Waals surface area contributed by atoms with Crippen molar-refractivity contribution in [2.75, 3.05) is 18.9 Å². The maximum atomic E-state index is 11.8. The van der Waals surface area contributed by atoms with Crippen LogP contribution in [0, 0.1) is 0 Å². The Labute approximate surface area is 138 Å². The minimum Gasteiger partial charge on any atom is -0.376 e. The van der Waals surface area contributed by atoms with Crippen LogP contribution in [0.15, 0.2) is 28.6 Å². The van der Waals surface area contributed by atoms with Gasteiger partial charge in [0.1, 0.15) is 0 Å². The van der Waals surface area contributed by atoms with Crippen molar-refractivity contribution in [1.82, 2.24) is 10.3 Å². The quantitative estimate of drug-likeness (QED) is 0.621. The molecule has 0 saturated carbocycles. The molecule has 1 unspecified atom stereocenters. The number of aromatic nitrogens is 1. The molecular weight excluding hydrogens is 316 g/mol. The Hall–Kier alpha value is -1.11. The van der Waals surface area contributed by atoms with E-state index in [1.165, 1.54) is 4.70 Å². The normalized spacial score (nSPS) is 17.9. The Morgan fingerprint density at radius 2 is 2.36 bits per heavy atom. The van der Waals surface area contributed by atoms with Crippen molar-refractivity contribution < 1.29 is 9.53 Å². The van der Waals surface area contributed by atoms with Crippen LogP contribution in [-0.2, 0) is 9.53 Å². The monoisotopic (exact) mass is 336 g/mol. The second kappa shape index (κ2) is 7.94. The molecule has 1 aromatic heterocycles. The molecule has 1 aromatic carbocycles. The fraction of sp³-hybridized carbons (Fsp3) is 0.500. The topological polar surface area (TPSA) is 51.2 Å². The second-order valence-corrected chi connectivity index (χ2v) is 7.71. The van der Waals surface area contributed by atoms with E-state index in [1.54, 1.807) is 23.1 Å². The molecule has 1 N–H and O–H groups in total. The van der Waals surface area contributed by atoms with Crippen molar-refractivity contribution in [3.05, 3.63) is 24.3 Å². The number of amides is 1. The number of rotatable bonds is 7. The molecule has 0 radical (unpaired) electrons. The van der Waals surface area contributed by atoms with Gasteiger partial charge in [-0.05, 0) is 31.4 Å². The van der Waals surface area contributed by atoms with Gasteiger partial charge in [0.15, 0.2) is 4.34 Å². The zero-order valence-corrected chi connectivity index (χ0v) is 14.0. The molecule has 118 valence electrons.